The molecular formula is C12H19N3O2S. The second-order valence-electron chi connectivity index (χ2n) is 4.77. The molecule has 0 bridgehead atoms. The first-order valence-electron chi connectivity index (χ1n) is 6.19. The van der Waals surface area contributed by atoms with E-state index in [9.17, 15) is 8.42 Å². The summed E-state index contributed by atoms with van der Waals surface area (Å²) in [7, 11) is -3.26. The maximum absolute atomic E-state index is 12.0. The third-order valence-corrected chi connectivity index (χ3v) is 4.56. The Morgan fingerprint density at radius 3 is 2.72 bits per heavy atom. The highest BCUT2D eigenvalue weighted by molar-refractivity contribution is 7.92. The summed E-state index contributed by atoms with van der Waals surface area (Å²) in [5, 5.41) is 3.23. The lowest BCUT2D eigenvalue weighted by Crippen LogP contribution is -2.33. The van der Waals surface area contributed by atoms with Crippen molar-refractivity contribution in [2.24, 2.45) is 5.92 Å². The Hall–Kier alpha value is -1.14. The van der Waals surface area contributed by atoms with Gasteiger partial charge in [-0.05, 0) is 50.9 Å². The molecule has 5 nitrogen and oxygen atoms in total. The second-order valence-corrected chi connectivity index (χ2v) is 6.53. The van der Waals surface area contributed by atoms with Crippen molar-refractivity contribution in [3.8, 4) is 0 Å². The molecule has 100 valence electrons. The number of piperidine rings is 1. The highest BCUT2D eigenvalue weighted by Gasteiger charge is 2.21. The monoisotopic (exact) mass is 269 g/mol. The van der Waals surface area contributed by atoms with Crippen LogP contribution >= 0.6 is 0 Å². The smallest absolute Gasteiger partial charge is 0.233 e. The summed E-state index contributed by atoms with van der Waals surface area (Å²) in [5.74, 6) is 0.449. The van der Waals surface area contributed by atoms with Crippen molar-refractivity contribution in [1.82, 2.24) is 10.3 Å². The second kappa shape index (κ2) is 5.67. The van der Waals surface area contributed by atoms with Gasteiger partial charge >= 0.3 is 0 Å². The lowest BCUT2D eigenvalue weighted by molar-refractivity contribution is 0.402. The molecule has 0 spiro atoms. The zero-order valence-corrected chi connectivity index (χ0v) is 11.3. The van der Waals surface area contributed by atoms with Crippen LogP contribution in [0.2, 0.25) is 0 Å². The number of pyridine rings is 1. The van der Waals surface area contributed by atoms with Crippen LogP contribution in [0.3, 0.4) is 0 Å². The summed E-state index contributed by atoms with van der Waals surface area (Å²) in [6.07, 6.45) is 3.40. The predicted octanol–water partition coefficient (Wildman–Crippen LogP) is 1.13. The Bertz CT molecular complexity index is 479. The molecule has 0 aromatic carbocycles. The van der Waals surface area contributed by atoms with Crippen molar-refractivity contribution in [3.05, 3.63) is 24.0 Å². The number of aromatic nitrogens is 1. The number of rotatable bonds is 4. The summed E-state index contributed by atoms with van der Waals surface area (Å²) < 4.78 is 26.6. The highest BCUT2D eigenvalue weighted by atomic mass is 32.2. The Labute approximate surface area is 108 Å². The Morgan fingerprint density at radius 1 is 1.39 bits per heavy atom. The van der Waals surface area contributed by atoms with Gasteiger partial charge in [-0.2, -0.15) is 0 Å². The molecule has 0 aliphatic carbocycles. The van der Waals surface area contributed by atoms with Crippen molar-refractivity contribution >= 4 is 15.7 Å². The van der Waals surface area contributed by atoms with E-state index in [-0.39, 0.29) is 11.7 Å². The Kier molecular flexibility index (Phi) is 4.19. The number of nitrogens with one attached hydrogen (secondary N) is 2. The van der Waals surface area contributed by atoms with Gasteiger partial charge in [0.1, 0.15) is 0 Å². The van der Waals surface area contributed by atoms with Crippen LogP contribution in [-0.2, 0) is 10.0 Å². The van der Waals surface area contributed by atoms with E-state index in [1.54, 1.807) is 18.3 Å². The first kappa shape index (κ1) is 13.3. The average Bonchev–Trinajstić information content (AvgIpc) is 2.32. The fourth-order valence-electron chi connectivity index (χ4n) is 2.11. The topological polar surface area (TPSA) is 71.1 Å². The van der Waals surface area contributed by atoms with E-state index in [1.807, 2.05) is 6.92 Å². The maximum atomic E-state index is 12.0. The average molecular weight is 269 g/mol. The first-order valence-corrected chi connectivity index (χ1v) is 7.84. The van der Waals surface area contributed by atoms with Crippen LogP contribution in [0.5, 0.6) is 0 Å². The summed E-state index contributed by atoms with van der Waals surface area (Å²) in [6.45, 7) is 3.69. The molecule has 0 radical (unpaired) electrons. The number of hydrogen-bond donors (Lipinski definition) is 2. The van der Waals surface area contributed by atoms with E-state index >= 15 is 0 Å². The minimum absolute atomic E-state index is 0.197. The van der Waals surface area contributed by atoms with Gasteiger partial charge in [0.2, 0.25) is 10.0 Å². The van der Waals surface area contributed by atoms with Crippen LogP contribution < -0.4 is 10.0 Å². The summed E-state index contributed by atoms with van der Waals surface area (Å²) in [5.41, 5.74) is 1.41. The molecule has 1 aromatic rings. The van der Waals surface area contributed by atoms with E-state index in [4.69, 9.17) is 0 Å². The SMILES string of the molecule is Cc1ccc(NS(=O)(=O)CC2CCNCC2)cn1. The third kappa shape index (κ3) is 3.96. The van der Waals surface area contributed by atoms with E-state index in [2.05, 4.69) is 15.0 Å². The Morgan fingerprint density at radius 2 is 2.11 bits per heavy atom. The zero-order chi connectivity index (χ0) is 13.0. The van der Waals surface area contributed by atoms with Gasteiger partial charge in [0.05, 0.1) is 17.6 Å². The molecule has 0 unspecified atom stereocenters. The largest absolute Gasteiger partial charge is 0.317 e. The number of aryl methyl sites for hydroxylation is 1. The van der Waals surface area contributed by atoms with Crippen molar-refractivity contribution < 1.29 is 8.42 Å². The van der Waals surface area contributed by atoms with Gasteiger partial charge < -0.3 is 5.32 Å². The fraction of sp³-hybridized carbons (Fsp3) is 0.583. The third-order valence-electron chi connectivity index (χ3n) is 3.10. The van der Waals surface area contributed by atoms with Gasteiger partial charge in [0.25, 0.3) is 0 Å². The molecule has 1 aromatic heterocycles. The van der Waals surface area contributed by atoms with Crippen LogP contribution in [0.25, 0.3) is 0 Å². The van der Waals surface area contributed by atoms with Crippen LogP contribution in [-0.4, -0.2) is 32.2 Å². The minimum Gasteiger partial charge on any atom is -0.317 e. The standard InChI is InChI=1S/C12H19N3O2S/c1-10-2-3-12(8-14-10)15-18(16,17)9-11-4-6-13-7-5-11/h2-3,8,11,13,15H,4-7,9H2,1H3. The molecular weight excluding hydrogens is 250 g/mol. The first-order chi connectivity index (χ1) is 8.55. The normalized spacial score (nSPS) is 17.6. The van der Waals surface area contributed by atoms with Crippen molar-refractivity contribution in [2.75, 3.05) is 23.6 Å². The molecule has 2 rings (SSSR count). The number of nitrogens with zero attached hydrogens (tertiary/aromatic N) is 1. The van der Waals surface area contributed by atoms with Gasteiger partial charge in [0.15, 0.2) is 0 Å². The molecule has 2 heterocycles. The molecule has 0 amide bonds. The summed E-state index contributed by atoms with van der Waals surface area (Å²) in [4.78, 5) is 4.07. The molecule has 1 aliphatic heterocycles. The lowest BCUT2D eigenvalue weighted by atomic mass is 10.0. The number of hydrogen-bond acceptors (Lipinski definition) is 4. The lowest BCUT2D eigenvalue weighted by Gasteiger charge is -2.22. The van der Waals surface area contributed by atoms with Crippen LogP contribution in [0.1, 0.15) is 18.5 Å². The van der Waals surface area contributed by atoms with Crippen LogP contribution in [0.4, 0.5) is 5.69 Å². The zero-order valence-electron chi connectivity index (χ0n) is 10.5. The molecule has 0 atom stereocenters. The van der Waals surface area contributed by atoms with Gasteiger partial charge in [0, 0.05) is 5.69 Å². The molecule has 0 saturated carbocycles. The number of anilines is 1. The maximum Gasteiger partial charge on any atom is 0.233 e. The van der Waals surface area contributed by atoms with Gasteiger partial charge in [-0.15, -0.1) is 0 Å². The summed E-state index contributed by atoms with van der Waals surface area (Å²) >= 11 is 0. The van der Waals surface area contributed by atoms with E-state index in [0.29, 0.717) is 5.69 Å². The molecule has 1 aliphatic rings. The van der Waals surface area contributed by atoms with E-state index < -0.39 is 10.0 Å². The highest BCUT2D eigenvalue weighted by Crippen LogP contribution is 2.16. The molecule has 1 saturated heterocycles. The van der Waals surface area contributed by atoms with Crippen molar-refractivity contribution in [3.63, 3.8) is 0 Å². The number of sulfonamides is 1. The van der Waals surface area contributed by atoms with Crippen molar-refractivity contribution in [1.29, 1.82) is 0 Å². The van der Waals surface area contributed by atoms with Crippen LogP contribution in [0, 0.1) is 12.8 Å². The molecule has 6 heteroatoms. The predicted molar refractivity (Wildman–Crippen MR) is 72.0 cm³/mol. The van der Waals surface area contributed by atoms with Gasteiger partial charge in [-0.1, -0.05) is 0 Å². The van der Waals surface area contributed by atoms with Crippen molar-refractivity contribution in [2.45, 2.75) is 19.8 Å². The molecule has 2 N–H and O–H groups in total. The van der Waals surface area contributed by atoms with E-state index in [1.165, 1.54) is 0 Å². The molecule has 1 fully saturated rings. The minimum atomic E-state index is -3.26. The van der Waals surface area contributed by atoms with Gasteiger partial charge in [-0.3, -0.25) is 9.71 Å². The van der Waals surface area contributed by atoms with Crippen LogP contribution in [0.15, 0.2) is 18.3 Å². The van der Waals surface area contributed by atoms with Gasteiger partial charge in [-0.25, -0.2) is 8.42 Å². The quantitative estimate of drug-likeness (QED) is 0.859. The summed E-state index contributed by atoms with van der Waals surface area (Å²) in [6, 6.07) is 3.53. The molecule has 18 heavy (non-hydrogen) atoms. The fourth-order valence-corrected chi connectivity index (χ4v) is 3.63. The Balaban J connectivity index is 1.96. The van der Waals surface area contributed by atoms with E-state index in [0.717, 1.165) is 31.6 Å².